The molecule has 1 atom stereocenters. The molecule has 126 valence electrons. The van der Waals surface area contributed by atoms with Crippen molar-refractivity contribution in [2.75, 3.05) is 0 Å². The van der Waals surface area contributed by atoms with Gasteiger partial charge in [0.25, 0.3) is 0 Å². The van der Waals surface area contributed by atoms with Crippen molar-refractivity contribution in [2.24, 2.45) is 7.05 Å². The van der Waals surface area contributed by atoms with Gasteiger partial charge in [0, 0.05) is 19.9 Å². The van der Waals surface area contributed by atoms with Crippen molar-refractivity contribution in [2.45, 2.75) is 31.7 Å². The van der Waals surface area contributed by atoms with Crippen LogP contribution in [0.4, 0.5) is 0 Å². The molecular weight excluding hydrogens is 314 g/mol. The van der Waals surface area contributed by atoms with E-state index >= 15 is 0 Å². The lowest BCUT2D eigenvalue weighted by Crippen LogP contribution is -2.44. The molecule has 1 fully saturated rings. The second-order valence-electron chi connectivity index (χ2n) is 5.86. The number of carboxylic acids is 1. The number of fused-ring (bicyclic) bond motifs is 1. The SMILES string of the molecule is Cn1c(=O)n(C2CCC(=O)NC2=O)c2cccc(CCC(=O)O)c21. The van der Waals surface area contributed by atoms with Crippen LogP contribution in [0.2, 0.25) is 0 Å². The molecule has 2 amide bonds. The average Bonchev–Trinajstić information content (AvgIpc) is 2.78. The third-order valence-corrected chi connectivity index (χ3v) is 4.32. The minimum atomic E-state index is -0.915. The molecule has 1 saturated heterocycles. The van der Waals surface area contributed by atoms with E-state index in [-0.39, 0.29) is 30.9 Å². The van der Waals surface area contributed by atoms with E-state index in [0.717, 1.165) is 5.56 Å². The van der Waals surface area contributed by atoms with Crippen molar-refractivity contribution >= 4 is 28.8 Å². The number of imide groups is 1. The molecule has 0 aliphatic carbocycles. The number of carboxylic acid groups (broad SMARTS) is 1. The Morgan fingerprint density at radius 3 is 2.75 bits per heavy atom. The van der Waals surface area contributed by atoms with Crippen molar-refractivity contribution in [1.29, 1.82) is 0 Å². The van der Waals surface area contributed by atoms with E-state index < -0.39 is 17.9 Å². The molecule has 1 aliphatic rings. The highest BCUT2D eigenvalue weighted by molar-refractivity contribution is 6.00. The molecule has 8 heteroatoms. The normalized spacial score (nSPS) is 18.0. The summed E-state index contributed by atoms with van der Waals surface area (Å²) in [6, 6.07) is 4.50. The largest absolute Gasteiger partial charge is 0.481 e. The monoisotopic (exact) mass is 331 g/mol. The number of hydrogen-bond donors (Lipinski definition) is 2. The van der Waals surface area contributed by atoms with Crippen LogP contribution in [-0.2, 0) is 27.9 Å². The summed E-state index contributed by atoms with van der Waals surface area (Å²) in [6.07, 6.45) is 0.692. The molecule has 2 heterocycles. The standard InChI is InChI=1S/C16H17N3O5/c1-18-14-9(5-8-13(21)22)3-2-4-10(14)19(16(18)24)11-6-7-12(20)17-15(11)23/h2-4,11H,5-8H2,1H3,(H,21,22)(H,17,20,23). The van der Waals surface area contributed by atoms with Gasteiger partial charge in [-0.1, -0.05) is 12.1 Å². The number of hydrogen-bond acceptors (Lipinski definition) is 4. The predicted octanol–water partition coefficient (Wildman–Crippen LogP) is 0.335. The van der Waals surface area contributed by atoms with Gasteiger partial charge in [0.15, 0.2) is 0 Å². The first-order valence-electron chi connectivity index (χ1n) is 7.64. The molecule has 1 unspecified atom stereocenters. The minimum Gasteiger partial charge on any atom is -0.481 e. The molecule has 0 spiro atoms. The number of nitrogens with zero attached hydrogens (tertiary/aromatic N) is 2. The van der Waals surface area contributed by atoms with Crippen LogP contribution >= 0.6 is 0 Å². The Hall–Kier alpha value is -2.90. The third-order valence-electron chi connectivity index (χ3n) is 4.32. The van der Waals surface area contributed by atoms with Gasteiger partial charge < -0.3 is 5.11 Å². The number of amides is 2. The first-order chi connectivity index (χ1) is 11.4. The van der Waals surface area contributed by atoms with Gasteiger partial charge in [-0.25, -0.2) is 4.79 Å². The maximum absolute atomic E-state index is 12.6. The third kappa shape index (κ3) is 2.60. The fraction of sp³-hybridized carbons (Fsp3) is 0.375. The summed E-state index contributed by atoms with van der Waals surface area (Å²) in [5.41, 5.74) is 1.57. The summed E-state index contributed by atoms with van der Waals surface area (Å²) >= 11 is 0. The van der Waals surface area contributed by atoms with E-state index in [1.807, 2.05) is 0 Å². The van der Waals surface area contributed by atoms with Gasteiger partial charge in [0.1, 0.15) is 6.04 Å². The average molecular weight is 331 g/mol. The molecule has 8 nitrogen and oxygen atoms in total. The van der Waals surface area contributed by atoms with E-state index in [0.29, 0.717) is 17.5 Å². The molecule has 1 aromatic carbocycles. The summed E-state index contributed by atoms with van der Waals surface area (Å²) in [5.74, 6) is -1.75. The smallest absolute Gasteiger partial charge is 0.329 e. The number of imidazole rings is 1. The van der Waals surface area contributed by atoms with Crippen LogP contribution in [0.3, 0.4) is 0 Å². The molecule has 2 N–H and O–H groups in total. The minimum absolute atomic E-state index is 0.0447. The number of aliphatic carboxylic acids is 1. The molecule has 1 aromatic heterocycles. The van der Waals surface area contributed by atoms with Crippen LogP contribution in [0, 0.1) is 0 Å². The molecular formula is C16H17N3O5. The molecule has 0 radical (unpaired) electrons. The van der Waals surface area contributed by atoms with Gasteiger partial charge in [0.05, 0.1) is 11.0 Å². The molecule has 1 aliphatic heterocycles. The zero-order valence-corrected chi connectivity index (χ0v) is 13.1. The predicted molar refractivity (Wildman–Crippen MR) is 84.6 cm³/mol. The fourth-order valence-corrected chi connectivity index (χ4v) is 3.19. The van der Waals surface area contributed by atoms with Crippen LogP contribution in [0.1, 0.15) is 30.9 Å². The first-order valence-corrected chi connectivity index (χ1v) is 7.64. The number of aryl methyl sites for hydroxylation is 2. The van der Waals surface area contributed by atoms with Crippen LogP contribution < -0.4 is 11.0 Å². The number of carbonyl (C=O) groups excluding carboxylic acids is 2. The Labute approximate surface area is 136 Å². The number of nitrogens with one attached hydrogen (secondary N) is 1. The summed E-state index contributed by atoms with van der Waals surface area (Å²) in [5, 5.41) is 11.1. The van der Waals surface area contributed by atoms with Crippen LogP contribution in [0.15, 0.2) is 23.0 Å². The summed E-state index contributed by atoms with van der Waals surface area (Å²) in [4.78, 5) is 46.9. The lowest BCUT2D eigenvalue weighted by Gasteiger charge is -2.21. The zero-order chi connectivity index (χ0) is 17.4. The zero-order valence-electron chi connectivity index (χ0n) is 13.1. The Balaban J connectivity index is 2.13. The van der Waals surface area contributed by atoms with Crippen molar-refractivity contribution in [1.82, 2.24) is 14.5 Å². The number of piperidine rings is 1. The van der Waals surface area contributed by atoms with E-state index in [9.17, 15) is 19.2 Å². The summed E-state index contributed by atoms with van der Waals surface area (Å²) in [6.45, 7) is 0. The van der Waals surface area contributed by atoms with E-state index in [4.69, 9.17) is 5.11 Å². The van der Waals surface area contributed by atoms with Crippen molar-refractivity contribution in [3.05, 3.63) is 34.2 Å². The van der Waals surface area contributed by atoms with Crippen molar-refractivity contribution in [3.8, 4) is 0 Å². The first kappa shape index (κ1) is 16.0. The molecule has 24 heavy (non-hydrogen) atoms. The van der Waals surface area contributed by atoms with Gasteiger partial charge in [-0.05, 0) is 24.5 Å². The van der Waals surface area contributed by atoms with Crippen LogP contribution in [0.25, 0.3) is 11.0 Å². The number of para-hydroxylation sites is 1. The lowest BCUT2D eigenvalue weighted by atomic mass is 10.0. The Kier molecular flexibility index (Phi) is 3.96. The number of benzene rings is 1. The number of aromatic nitrogens is 2. The highest BCUT2D eigenvalue weighted by atomic mass is 16.4. The number of rotatable bonds is 4. The quantitative estimate of drug-likeness (QED) is 0.785. The maximum Gasteiger partial charge on any atom is 0.329 e. The van der Waals surface area contributed by atoms with Gasteiger partial charge in [-0.15, -0.1) is 0 Å². The summed E-state index contributed by atoms with van der Waals surface area (Å²) in [7, 11) is 1.59. The fourth-order valence-electron chi connectivity index (χ4n) is 3.19. The second kappa shape index (κ2) is 5.95. The van der Waals surface area contributed by atoms with E-state index in [1.54, 1.807) is 25.2 Å². The number of carbonyl (C=O) groups is 3. The Morgan fingerprint density at radius 2 is 2.08 bits per heavy atom. The van der Waals surface area contributed by atoms with Crippen molar-refractivity contribution < 1.29 is 19.5 Å². The highest BCUT2D eigenvalue weighted by Gasteiger charge is 2.31. The Morgan fingerprint density at radius 1 is 1.33 bits per heavy atom. The van der Waals surface area contributed by atoms with Crippen LogP contribution in [0.5, 0.6) is 0 Å². The van der Waals surface area contributed by atoms with E-state index in [1.165, 1.54) is 9.13 Å². The van der Waals surface area contributed by atoms with Gasteiger partial charge >= 0.3 is 11.7 Å². The lowest BCUT2D eigenvalue weighted by molar-refractivity contribution is -0.137. The van der Waals surface area contributed by atoms with Gasteiger partial charge in [-0.2, -0.15) is 0 Å². The molecule has 2 aromatic rings. The maximum atomic E-state index is 12.6. The Bertz CT molecular complexity index is 908. The second-order valence-corrected chi connectivity index (χ2v) is 5.86. The van der Waals surface area contributed by atoms with Crippen LogP contribution in [-0.4, -0.2) is 32.0 Å². The van der Waals surface area contributed by atoms with Gasteiger partial charge in [-0.3, -0.25) is 28.8 Å². The summed E-state index contributed by atoms with van der Waals surface area (Å²) < 4.78 is 2.82. The van der Waals surface area contributed by atoms with Crippen molar-refractivity contribution in [3.63, 3.8) is 0 Å². The van der Waals surface area contributed by atoms with E-state index in [2.05, 4.69) is 5.32 Å². The topological polar surface area (TPSA) is 110 Å². The molecule has 0 saturated carbocycles. The highest BCUT2D eigenvalue weighted by Crippen LogP contribution is 2.25. The molecule has 0 bridgehead atoms. The van der Waals surface area contributed by atoms with Gasteiger partial charge in [0.2, 0.25) is 11.8 Å². The molecule has 3 rings (SSSR count).